The number of pyridine rings is 1. The number of aromatic nitrogens is 1. The molecule has 1 aliphatic heterocycles. The topological polar surface area (TPSA) is 79.2 Å². The fourth-order valence-corrected chi connectivity index (χ4v) is 3.18. The van der Waals surface area contributed by atoms with E-state index in [1.165, 1.54) is 0 Å². The summed E-state index contributed by atoms with van der Waals surface area (Å²) >= 11 is 0. The van der Waals surface area contributed by atoms with E-state index in [9.17, 15) is 9.59 Å². The van der Waals surface area contributed by atoms with Crippen LogP contribution in [0.3, 0.4) is 0 Å². The number of carbonyl (C=O) groups excluding carboxylic acids is 1. The summed E-state index contributed by atoms with van der Waals surface area (Å²) in [6.45, 7) is 3.19. The molecule has 2 atom stereocenters. The van der Waals surface area contributed by atoms with E-state index in [-0.39, 0.29) is 23.1 Å². The fourth-order valence-electron chi connectivity index (χ4n) is 3.18. The minimum atomic E-state index is -0.347. The van der Waals surface area contributed by atoms with Gasteiger partial charge in [-0.05, 0) is 43.5 Å². The lowest BCUT2D eigenvalue weighted by molar-refractivity contribution is 0.0741. The Kier molecular flexibility index (Phi) is 4.30. The van der Waals surface area contributed by atoms with Crippen LogP contribution in [-0.2, 0) is 0 Å². The maximum Gasteiger partial charge on any atom is 0.261 e. The first-order valence-corrected chi connectivity index (χ1v) is 7.90. The highest BCUT2D eigenvalue weighted by Crippen LogP contribution is 2.23. The summed E-state index contributed by atoms with van der Waals surface area (Å²) in [5.41, 5.74) is 7.17. The Balaban J connectivity index is 1.87. The van der Waals surface area contributed by atoms with Crippen LogP contribution < -0.4 is 11.3 Å². The summed E-state index contributed by atoms with van der Waals surface area (Å²) in [5.74, 6) is 0.103. The van der Waals surface area contributed by atoms with Crippen molar-refractivity contribution in [2.75, 3.05) is 13.1 Å². The van der Waals surface area contributed by atoms with Gasteiger partial charge >= 0.3 is 0 Å². The number of rotatable bonds is 3. The number of hydrogen-bond acceptors (Lipinski definition) is 3. The third kappa shape index (κ3) is 3.05. The molecule has 1 aromatic heterocycles. The molecule has 1 amide bonds. The number of nitrogens with zero attached hydrogens (tertiary/aromatic N) is 1. The van der Waals surface area contributed by atoms with E-state index in [0.717, 1.165) is 12.0 Å². The number of H-pyrrole nitrogens is 1. The first kappa shape index (κ1) is 15.5. The summed E-state index contributed by atoms with van der Waals surface area (Å²) in [5, 5.41) is 0. The van der Waals surface area contributed by atoms with Crippen molar-refractivity contribution in [3.05, 3.63) is 58.4 Å². The number of benzene rings is 1. The maximum absolute atomic E-state index is 12.7. The van der Waals surface area contributed by atoms with E-state index in [1.54, 1.807) is 17.0 Å². The molecule has 0 aliphatic carbocycles. The average Bonchev–Trinajstić information content (AvgIpc) is 2.96. The van der Waals surface area contributed by atoms with E-state index in [0.29, 0.717) is 24.7 Å². The zero-order valence-electron chi connectivity index (χ0n) is 13.2. The third-order valence-electron chi connectivity index (χ3n) is 4.48. The smallest absolute Gasteiger partial charge is 0.261 e. The van der Waals surface area contributed by atoms with Gasteiger partial charge in [-0.15, -0.1) is 0 Å². The van der Waals surface area contributed by atoms with Crippen molar-refractivity contribution < 1.29 is 4.79 Å². The highest BCUT2D eigenvalue weighted by atomic mass is 16.2. The summed E-state index contributed by atoms with van der Waals surface area (Å²) < 4.78 is 0. The van der Waals surface area contributed by atoms with Gasteiger partial charge < -0.3 is 15.6 Å². The maximum atomic E-state index is 12.7. The number of nitrogens with one attached hydrogen (secondary N) is 1. The number of likely N-dealkylation sites (tertiary alicyclic amines) is 1. The van der Waals surface area contributed by atoms with E-state index in [1.807, 2.05) is 37.3 Å². The lowest BCUT2D eigenvalue weighted by atomic mass is 10.1. The van der Waals surface area contributed by atoms with Crippen molar-refractivity contribution in [3.63, 3.8) is 0 Å². The van der Waals surface area contributed by atoms with Crippen molar-refractivity contribution in [3.8, 4) is 11.3 Å². The minimum absolute atomic E-state index is 0.115. The van der Waals surface area contributed by atoms with Crippen molar-refractivity contribution in [2.45, 2.75) is 19.4 Å². The normalized spacial score (nSPS) is 20.7. The first-order valence-electron chi connectivity index (χ1n) is 7.90. The van der Waals surface area contributed by atoms with Crippen LogP contribution in [0.15, 0.2) is 47.3 Å². The van der Waals surface area contributed by atoms with Gasteiger partial charge in [0.15, 0.2) is 0 Å². The van der Waals surface area contributed by atoms with Gasteiger partial charge in [0.05, 0.1) is 0 Å². The molecular weight excluding hydrogens is 290 g/mol. The fraction of sp³-hybridized carbons (Fsp3) is 0.333. The molecule has 0 saturated carbocycles. The number of carbonyl (C=O) groups is 1. The van der Waals surface area contributed by atoms with Gasteiger partial charge in [-0.2, -0.15) is 0 Å². The molecule has 0 spiro atoms. The number of aromatic amines is 1. The first-order chi connectivity index (χ1) is 11.1. The lowest BCUT2D eigenvalue weighted by Crippen LogP contribution is -2.37. The van der Waals surface area contributed by atoms with Gasteiger partial charge in [0, 0.05) is 18.3 Å². The molecule has 2 heterocycles. The Morgan fingerprint density at radius 1 is 1.26 bits per heavy atom. The van der Waals surface area contributed by atoms with Crippen molar-refractivity contribution in [2.24, 2.45) is 11.7 Å². The third-order valence-corrected chi connectivity index (χ3v) is 4.48. The van der Waals surface area contributed by atoms with Crippen LogP contribution in [0, 0.1) is 5.92 Å². The van der Waals surface area contributed by atoms with Crippen molar-refractivity contribution >= 4 is 5.91 Å². The Labute approximate surface area is 135 Å². The second kappa shape index (κ2) is 6.38. The van der Waals surface area contributed by atoms with E-state index in [4.69, 9.17) is 5.73 Å². The SMILES string of the molecule is CC1CC(CN)CN1C(=O)c1ccc(-c2ccccc2)[nH]c1=O. The van der Waals surface area contributed by atoms with Gasteiger partial charge in [0.2, 0.25) is 0 Å². The van der Waals surface area contributed by atoms with Crippen LogP contribution >= 0.6 is 0 Å². The minimum Gasteiger partial charge on any atom is -0.335 e. The second-order valence-corrected chi connectivity index (χ2v) is 6.12. The highest BCUT2D eigenvalue weighted by Gasteiger charge is 2.33. The Bertz CT molecular complexity index is 754. The van der Waals surface area contributed by atoms with Crippen LogP contribution in [0.1, 0.15) is 23.7 Å². The molecule has 2 aromatic rings. The molecule has 1 aliphatic rings. The zero-order chi connectivity index (χ0) is 16.4. The molecule has 3 rings (SSSR count). The molecule has 5 nitrogen and oxygen atoms in total. The van der Waals surface area contributed by atoms with Gasteiger partial charge in [0.1, 0.15) is 5.56 Å². The predicted molar refractivity (Wildman–Crippen MR) is 90.2 cm³/mol. The van der Waals surface area contributed by atoms with Gasteiger partial charge in [0.25, 0.3) is 11.5 Å². The molecule has 2 unspecified atom stereocenters. The standard InChI is InChI=1S/C18H21N3O2/c1-12-9-13(10-19)11-21(12)18(23)15-7-8-16(20-17(15)22)14-5-3-2-4-6-14/h2-8,12-13H,9-11,19H2,1H3,(H,20,22). The quantitative estimate of drug-likeness (QED) is 0.908. The van der Waals surface area contributed by atoms with Crippen LogP contribution in [0.5, 0.6) is 0 Å². The Morgan fingerprint density at radius 3 is 2.61 bits per heavy atom. The van der Waals surface area contributed by atoms with E-state index < -0.39 is 0 Å². The number of amides is 1. The monoisotopic (exact) mass is 311 g/mol. The van der Waals surface area contributed by atoms with Crippen LogP contribution in [0.25, 0.3) is 11.3 Å². The predicted octanol–water partition coefficient (Wildman–Crippen LogP) is 1.85. The molecule has 0 bridgehead atoms. The second-order valence-electron chi connectivity index (χ2n) is 6.12. The molecule has 3 N–H and O–H groups in total. The highest BCUT2D eigenvalue weighted by molar-refractivity contribution is 5.94. The summed E-state index contributed by atoms with van der Waals surface area (Å²) in [7, 11) is 0. The number of hydrogen-bond donors (Lipinski definition) is 2. The molecule has 5 heteroatoms. The van der Waals surface area contributed by atoms with E-state index in [2.05, 4.69) is 4.98 Å². The molecule has 1 fully saturated rings. The zero-order valence-corrected chi connectivity index (χ0v) is 13.2. The van der Waals surface area contributed by atoms with E-state index >= 15 is 0 Å². The molecule has 0 radical (unpaired) electrons. The van der Waals surface area contributed by atoms with Gasteiger partial charge in [-0.1, -0.05) is 30.3 Å². The largest absolute Gasteiger partial charge is 0.335 e. The average molecular weight is 311 g/mol. The summed E-state index contributed by atoms with van der Waals surface area (Å²) in [6.07, 6.45) is 0.891. The molecule has 120 valence electrons. The lowest BCUT2D eigenvalue weighted by Gasteiger charge is -2.21. The molecular formula is C18H21N3O2. The number of nitrogens with two attached hydrogens (primary N) is 1. The van der Waals surface area contributed by atoms with Crippen LogP contribution in [-0.4, -0.2) is 34.9 Å². The summed E-state index contributed by atoms with van der Waals surface area (Å²) in [4.78, 5) is 29.6. The van der Waals surface area contributed by atoms with Crippen LogP contribution in [0.4, 0.5) is 0 Å². The molecule has 23 heavy (non-hydrogen) atoms. The van der Waals surface area contributed by atoms with Gasteiger partial charge in [-0.3, -0.25) is 9.59 Å². The molecule has 1 saturated heterocycles. The van der Waals surface area contributed by atoms with Gasteiger partial charge in [-0.25, -0.2) is 0 Å². The summed E-state index contributed by atoms with van der Waals surface area (Å²) in [6, 6.07) is 13.1. The molecule has 1 aromatic carbocycles. The van der Waals surface area contributed by atoms with Crippen LogP contribution in [0.2, 0.25) is 0 Å². The van der Waals surface area contributed by atoms with Crippen molar-refractivity contribution in [1.82, 2.24) is 9.88 Å². The van der Waals surface area contributed by atoms with Crippen molar-refractivity contribution in [1.29, 1.82) is 0 Å². The Hall–Kier alpha value is -2.40. The Morgan fingerprint density at radius 2 is 2.00 bits per heavy atom.